The summed E-state index contributed by atoms with van der Waals surface area (Å²) in [6.45, 7) is 0.466. The molecule has 0 saturated carbocycles. The number of fused-ring (bicyclic) bond motifs is 3. The first kappa shape index (κ1) is 13.5. The number of hydrogen-bond donors (Lipinski definition) is 0. The van der Waals surface area contributed by atoms with Gasteiger partial charge in [0.25, 0.3) is 0 Å². The third kappa shape index (κ3) is 2.33. The summed E-state index contributed by atoms with van der Waals surface area (Å²) >= 11 is 0. The molecule has 0 aromatic heterocycles. The van der Waals surface area contributed by atoms with Crippen molar-refractivity contribution < 1.29 is 28.4 Å². The Bertz CT molecular complexity index is 503. The number of rotatable bonds is 3. The minimum atomic E-state index is -0.398. The molecule has 4 rings (SSSR count). The molecule has 3 heterocycles. The van der Waals surface area contributed by atoms with Crippen molar-refractivity contribution in [1.29, 1.82) is 0 Å². The summed E-state index contributed by atoms with van der Waals surface area (Å²) in [6.07, 6.45) is -0.953. The first-order valence-corrected chi connectivity index (χ1v) is 7.05. The molecule has 0 unspecified atom stereocenters. The highest BCUT2D eigenvalue weighted by Gasteiger charge is 2.60. The maximum Gasteiger partial charge on any atom is 0.186 e. The lowest BCUT2D eigenvalue weighted by molar-refractivity contribution is -0.304. The molecule has 3 saturated heterocycles. The lowest BCUT2D eigenvalue weighted by Crippen LogP contribution is -2.52. The second-order valence-corrected chi connectivity index (χ2v) is 5.38. The number of benzene rings is 1. The number of hydrogen-bond acceptors (Lipinski definition) is 6. The molecule has 6 atom stereocenters. The van der Waals surface area contributed by atoms with E-state index in [9.17, 15) is 0 Å². The summed E-state index contributed by atoms with van der Waals surface area (Å²) in [5, 5.41) is 0. The van der Waals surface area contributed by atoms with Crippen LogP contribution < -0.4 is 4.74 Å². The van der Waals surface area contributed by atoms with E-state index in [1.54, 1.807) is 14.2 Å². The molecule has 0 radical (unpaired) electrons. The van der Waals surface area contributed by atoms with Gasteiger partial charge in [0.1, 0.15) is 30.2 Å². The predicted molar refractivity (Wildman–Crippen MR) is 70.9 cm³/mol. The number of ether oxygens (including phenoxy) is 6. The molecule has 0 spiro atoms. The van der Waals surface area contributed by atoms with Gasteiger partial charge in [-0.25, -0.2) is 0 Å². The van der Waals surface area contributed by atoms with Crippen molar-refractivity contribution in [2.45, 2.75) is 37.0 Å². The van der Waals surface area contributed by atoms with Crippen molar-refractivity contribution in [3.05, 3.63) is 29.8 Å². The van der Waals surface area contributed by atoms with Gasteiger partial charge in [0, 0.05) is 12.7 Å². The Balaban J connectivity index is 1.47. The minimum absolute atomic E-state index is 0.0223. The molecular formula is C15H18O6. The zero-order chi connectivity index (χ0) is 14.4. The second-order valence-electron chi connectivity index (χ2n) is 5.38. The lowest BCUT2D eigenvalue weighted by Gasteiger charge is -2.39. The van der Waals surface area contributed by atoms with Gasteiger partial charge < -0.3 is 28.4 Å². The first-order valence-electron chi connectivity index (χ1n) is 7.05. The van der Waals surface area contributed by atoms with Gasteiger partial charge in [0.05, 0.1) is 13.7 Å². The molecule has 0 bridgehead atoms. The fourth-order valence-corrected chi connectivity index (χ4v) is 2.95. The smallest absolute Gasteiger partial charge is 0.186 e. The molecule has 114 valence electrons. The van der Waals surface area contributed by atoms with E-state index in [2.05, 4.69) is 0 Å². The quantitative estimate of drug-likeness (QED) is 0.782. The number of epoxide rings is 1. The van der Waals surface area contributed by atoms with Gasteiger partial charge in [0.15, 0.2) is 12.6 Å². The number of methoxy groups -OCH3 is 2. The van der Waals surface area contributed by atoms with Crippen LogP contribution in [0.1, 0.15) is 11.9 Å². The van der Waals surface area contributed by atoms with E-state index in [1.165, 1.54) is 0 Å². The zero-order valence-corrected chi connectivity index (χ0v) is 11.9. The van der Waals surface area contributed by atoms with Gasteiger partial charge >= 0.3 is 0 Å². The Morgan fingerprint density at radius 1 is 0.952 bits per heavy atom. The summed E-state index contributed by atoms with van der Waals surface area (Å²) in [5.74, 6) is 0.807. The van der Waals surface area contributed by atoms with Crippen LogP contribution in [0.2, 0.25) is 0 Å². The molecule has 3 aliphatic heterocycles. The van der Waals surface area contributed by atoms with Crippen LogP contribution in [-0.2, 0) is 23.7 Å². The summed E-state index contributed by atoms with van der Waals surface area (Å²) in [6, 6.07) is 7.67. The van der Waals surface area contributed by atoms with Crippen LogP contribution in [0.25, 0.3) is 0 Å². The monoisotopic (exact) mass is 294 g/mol. The third-order valence-corrected chi connectivity index (χ3v) is 4.14. The van der Waals surface area contributed by atoms with Gasteiger partial charge in [-0.1, -0.05) is 12.1 Å². The summed E-state index contributed by atoms with van der Waals surface area (Å²) in [7, 11) is 3.26. The summed E-state index contributed by atoms with van der Waals surface area (Å²) in [4.78, 5) is 0. The van der Waals surface area contributed by atoms with E-state index < -0.39 is 6.29 Å². The van der Waals surface area contributed by atoms with Crippen LogP contribution in [0.15, 0.2) is 24.3 Å². The molecule has 0 aliphatic carbocycles. The van der Waals surface area contributed by atoms with Crippen LogP contribution in [0.3, 0.4) is 0 Å². The first-order chi connectivity index (χ1) is 10.3. The average molecular weight is 294 g/mol. The van der Waals surface area contributed by atoms with Crippen LogP contribution >= 0.6 is 0 Å². The van der Waals surface area contributed by atoms with Gasteiger partial charge in [-0.05, 0) is 12.1 Å². The van der Waals surface area contributed by atoms with Crippen molar-refractivity contribution >= 4 is 0 Å². The Kier molecular flexibility index (Phi) is 3.35. The molecule has 1 aromatic rings. The SMILES string of the molecule is COc1ccc([C@@H]2OC[C@H]3O[C@H](OC)[C@H]4O[C@H]4[C@@H]3O2)cc1. The fraction of sp³-hybridized carbons (Fsp3) is 0.600. The maximum atomic E-state index is 6.03. The van der Waals surface area contributed by atoms with Crippen LogP contribution in [-0.4, -0.2) is 51.5 Å². The van der Waals surface area contributed by atoms with E-state index in [0.717, 1.165) is 11.3 Å². The second kappa shape index (κ2) is 5.23. The van der Waals surface area contributed by atoms with Crippen LogP contribution in [0.5, 0.6) is 5.75 Å². The summed E-state index contributed by atoms with van der Waals surface area (Å²) in [5.41, 5.74) is 0.959. The average Bonchev–Trinajstić information content (AvgIpc) is 3.34. The molecule has 3 aliphatic rings. The van der Waals surface area contributed by atoms with Gasteiger partial charge in [-0.15, -0.1) is 0 Å². The van der Waals surface area contributed by atoms with E-state index in [0.29, 0.717) is 6.61 Å². The van der Waals surface area contributed by atoms with Crippen molar-refractivity contribution in [1.82, 2.24) is 0 Å². The highest BCUT2D eigenvalue weighted by molar-refractivity contribution is 5.28. The van der Waals surface area contributed by atoms with Crippen molar-refractivity contribution in [3.63, 3.8) is 0 Å². The van der Waals surface area contributed by atoms with Gasteiger partial charge in [0.2, 0.25) is 0 Å². The van der Waals surface area contributed by atoms with Crippen molar-refractivity contribution in [3.8, 4) is 5.75 Å². The van der Waals surface area contributed by atoms with Crippen LogP contribution in [0.4, 0.5) is 0 Å². The predicted octanol–water partition coefficient (Wildman–Crippen LogP) is 1.25. The van der Waals surface area contributed by atoms with Crippen molar-refractivity contribution in [2.24, 2.45) is 0 Å². The molecule has 0 amide bonds. The highest BCUT2D eigenvalue weighted by atomic mass is 16.8. The largest absolute Gasteiger partial charge is 0.497 e. The summed E-state index contributed by atoms with van der Waals surface area (Å²) < 4.78 is 33.6. The molecule has 0 N–H and O–H groups in total. The van der Waals surface area contributed by atoms with Crippen molar-refractivity contribution in [2.75, 3.05) is 20.8 Å². The Labute approximate surface area is 122 Å². The zero-order valence-electron chi connectivity index (χ0n) is 11.9. The molecule has 3 fully saturated rings. The molecule has 1 aromatic carbocycles. The molecular weight excluding hydrogens is 276 g/mol. The van der Waals surface area contributed by atoms with Crippen LogP contribution in [0, 0.1) is 0 Å². The minimum Gasteiger partial charge on any atom is -0.497 e. The van der Waals surface area contributed by atoms with E-state index >= 15 is 0 Å². The Morgan fingerprint density at radius 2 is 1.76 bits per heavy atom. The Morgan fingerprint density at radius 3 is 2.48 bits per heavy atom. The van der Waals surface area contributed by atoms with Gasteiger partial charge in [-0.2, -0.15) is 0 Å². The van der Waals surface area contributed by atoms with E-state index in [1.807, 2.05) is 24.3 Å². The highest BCUT2D eigenvalue weighted by Crippen LogP contribution is 2.43. The van der Waals surface area contributed by atoms with E-state index in [-0.39, 0.29) is 30.7 Å². The molecule has 21 heavy (non-hydrogen) atoms. The van der Waals surface area contributed by atoms with Gasteiger partial charge in [-0.3, -0.25) is 0 Å². The topological polar surface area (TPSA) is 58.7 Å². The van der Waals surface area contributed by atoms with E-state index in [4.69, 9.17) is 28.4 Å². The normalized spacial score (nSPS) is 41.0. The third-order valence-electron chi connectivity index (χ3n) is 4.14. The maximum absolute atomic E-state index is 6.03. The fourth-order valence-electron chi connectivity index (χ4n) is 2.95. The lowest BCUT2D eigenvalue weighted by atomic mass is 10.0. The Hall–Kier alpha value is -1.18. The molecule has 6 nitrogen and oxygen atoms in total. The standard InChI is InChI=1S/C15H18O6/c1-16-9-5-3-8(4-6-9)14-18-7-10-11(21-14)12-13(20-12)15(17-2)19-10/h3-6,10-15H,7H2,1-2H3/t10-,11-,12+,13+,14-,15+/m1/s1. The molecule has 6 heteroatoms.